The van der Waals surface area contributed by atoms with E-state index in [0.29, 0.717) is 27.5 Å². The van der Waals surface area contributed by atoms with E-state index in [2.05, 4.69) is 36.9 Å². The van der Waals surface area contributed by atoms with Gasteiger partial charge in [0.1, 0.15) is 23.1 Å². The fraction of sp³-hybridized carbons (Fsp3) is 0.375. The first-order chi connectivity index (χ1) is 16.0. The maximum Gasteiger partial charge on any atom is 0.226 e. The van der Waals surface area contributed by atoms with E-state index in [1.165, 1.54) is 12.1 Å². The Morgan fingerprint density at radius 1 is 1.12 bits per heavy atom. The monoisotopic (exact) mass is 466 g/mol. The number of anilines is 1. The van der Waals surface area contributed by atoms with Crippen molar-refractivity contribution in [3.8, 4) is 11.1 Å². The Balaban J connectivity index is 1.45. The molecule has 0 atom stereocenters. The number of piperidine rings is 1. The zero-order valence-corrected chi connectivity index (χ0v) is 19.3. The van der Waals surface area contributed by atoms with E-state index in [1.54, 1.807) is 12.4 Å². The first kappa shape index (κ1) is 21.7. The van der Waals surface area contributed by atoms with E-state index in [4.69, 9.17) is 16.1 Å². The molecule has 0 N–H and O–H groups in total. The number of pyridine rings is 1. The van der Waals surface area contributed by atoms with E-state index >= 15 is 0 Å². The normalized spacial score (nSPS) is 14.8. The summed E-state index contributed by atoms with van der Waals surface area (Å²) >= 11 is 6.02. The Morgan fingerprint density at radius 2 is 1.94 bits per heavy atom. The van der Waals surface area contributed by atoms with Gasteiger partial charge < -0.3 is 9.42 Å². The Hall–Kier alpha value is -3.13. The Morgan fingerprint density at radius 3 is 2.70 bits per heavy atom. The summed E-state index contributed by atoms with van der Waals surface area (Å²) < 4.78 is 20.1. The Kier molecular flexibility index (Phi) is 5.93. The van der Waals surface area contributed by atoms with E-state index in [0.717, 1.165) is 61.7 Å². The summed E-state index contributed by atoms with van der Waals surface area (Å²) in [6.07, 6.45) is 5.07. The molecule has 1 aliphatic heterocycles. The van der Waals surface area contributed by atoms with Gasteiger partial charge in [-0.2, -0.15) is 4.98 Å². The molecule has 5 rings (SSSR count). The number of aromatic nitrogens is 5. The lowest BCUT2D eigenvalue weighted by molar-refractivity contribution is 0.363. The topological polar surface area (TPSA) is 80.8 Å². The van der Waals surface area contributed by atoms with E-state index in [-0.39, 0.29) is 11.7 Å². The Bertz CT molecular complexity index is 1300. The van der Waals surface area contributed by atoms with Gasteiger partial charge >= 0.3 is 0 Å². The molecule has 0 saturated carbocycles. The van der Waals surface area contributed by atoms with Gasteiger partial charge in [0.25, 0.3) is 0 Å². The van der Waals surface area contributed by atoms with Crippen LogP contribution in [0.2, 0.25) is 5.15 Å². The van der Waals surface area contributed by atoms with Crippen LogP contribution < -0.4 is 4.90 Å². The SMILES string of the molecule is CCCc1nc(C2CCN(c3ncnc4c(-c5ccc(Cl)nc5C)cc(F)cc34)CC2)no1. The number of nitrogens with zero attached hydrogens (tertiary/aromatic N) is 6. The van der Waals surface area contributed by atoms with Gasteiger partial charge in [0.15, 0.2) is 5.82 Å². The van der Waals surface area contributed by atoms with Crippen molar-refractivity contribution in [1.29, 1.82) is 0 Å². The van der Waals surface area contributed by atoms with Crippen LogP contribution in [0.3, 0.4) is 0 Å². The van der Waals surface area contributed by atoms with Crippen molar-refractivity contribution in [3.05, 3.63) is 59.0 Å². The van der Waals surface area contributed by atoms with Gasteiger partial charge in [-0.25, -0.2) is 19.3 Å². The second kappa shape index (κ2) is 9.02. The molecule has 0 aliphatic carbocycles. The zero-order chi connectivity index (χ0) is 22.9. The minimum Gasteiger partial charge on any atom is -0.356 e. The van der Waals surface area contributed by atoms with Gasteiger partial charge in [-0.1, -0.05) is 23.7 Å². The molecular weight excluding hydrogens is 443 g/mol. The highest BCUT2D eigenvalue weighted by Crippen LogP contribution is 2.36. The molecule has 1 aliphatic rings. The van der Waals surface area contributed by atoms with Crippen molar-refractivity contribution in [2.24, 2.45) is 0 Å². The largest absolute Gasteiger partial charge is 0.356 e. The molecule has 7 nitrogen and oxygen atoms in total. The van der Waals surface area contributed by atoms with E-state index < -0.39 is 0 Å². The summed E-state index contributed by atoms with van der Waals surface area (Å²) in [5.41, 5.74) is 2.89. The second-order valence-electron chi connectivity index (χ2n) is 8.37. The van der Waals surface area contributed by atoms with Crippen molar-refractivity contribution in [3.63, 3.8) is 0 Å². The molecule has 0 bridgehead atoms. The van der Waals surface area contributed by atoms with Crippen LogP contribution >= 0.6 is 11.6 Å². The first-order valence-corrected chi connectivity index (χ1v) is 11.6. The molecule has 0 spiro atoms. The van der Waals surface area contributed by atoms with Crippen LogP contribution in [0.1, 0.15) is 49.5 Å². The maximum absolute atomic E-state index is 14.7. The molecule has 170 valence electrons. The van der Waals surface area contributed by atoms with Crippen LogP contribution in [-0.2, 0) is 6.42 Å². The van der Waals surface area contributed by atoms with E-state index in [9.17, 15) is 4.39 Å². The lowest BCUT2D eigenvalue weighted by atomic mass is 9.95. The lowest BCUT2D eigenvalue weighted by Gasteiger charge is -2.32. The minimum atomic E-state index is -0.340. The van der Waals surface area contributed by atoms with Crippen molar-refractivity contribution in [1.82, 2.24) is 25.1 Å². The summed E-state index contributed by atoms with van der Waals surface area (Å²) in [7, 11) is 0. The van der Waals surface area contributed by atoms with Crippen molar-refractivity contribution in [2.75, 3.05) is 18.0 Å². The van der Waals surface area contributed by atoms with Crippen molar-refractivity contribution < 1.29 is 8.91 Å². The fourth-order valence-corrected chi connectivity index (χ4v) is 4.68. The number of hydrogen-bond acceptors (Lipinski definition) is 7. The summed E-state index contributed by atoms with van der Waals surface area (Å²) in [5.74, 6) is 2.13. The number of benzene rings is 1. The molecule has 1 aromatic carbocycles. The lowest BCUT2D eigenvalue weighted by Crippen LogP contribution is -2.34. The molecule has 33 heavy (non-hydrogen) atoms. The number of halogens is 2. The van der Waals surface area contributed by atoms with Crippen LogP contribution in [-0.4, -0.2) is 38.2 Å². The van der Waals surface area contributed by atoms with Crippen LogP contribution in [0.15, 0.2) is 35.1 Å². The van der Waals surface area contributed by atoms with E-state index in [1.807, 2.05) is 13.0 Å². The van der Waals surface area contributed by atoms with Crippen LogP contribution in [0, 0.1) is 12.7 Å². The summed E-state index contributed by atoms with van der Waals surface area (Å²) in [5, 5.41) is 5.27. The highest BCUT2D eigenvalue weighted by molar-refractivity contribution is 6.29. The van der Waals surface area contributed by atoms with Gasteiger partial charge in [-0.3, -0.25) is 0 Å². The van der Waals surface area contributed by atoms with Crippen LogP contribution in [0.4, 0.5) is 10.2 Å². The Labute approximate surface area is 196 Å². The number of aryl methyl sites for hydroxylation is 2. The van der Waals surface area contributed by atoms with Crippen LogP contribution in [0.5, 0.6) is 0 Å². The molecule has 4 heterocycles. The van der Waals surface area contributed by atoms with Gasteiger partial charge in [0, 0.05) is 47.6 Å². The molecule has 1 saturated heterocycles. The average molecular weight is 467 g/mol. The third kappa shape index (κ3) is 4.27. The molecule has 9 heteroatoms. The highest BCUT2D eigenvalue weighted by atomic mass is 35.5. The zero-order valence-electron chi connectivity index (χ0n) is 18.6. The van der Waals surface area contributed by atoms with Crippen molar-refractivity contribution >= 4 is 28.3 Å². The fourth-order valence-electron chi connectivity index (χ4n) is 4.49. The van der Waals surface area contributed by atoms with Gasteiger partial charge in [0.2, 0.25) is 5.89 Å². The highest BCUT2D eigenvalue weighted by Gasteiger charge is 2.27. The van der Waals surface area contributed by atoms with Crippen molar-refractivity contribution in [2.45, 2.75) is 45.4 Å². The molecule has 3 aromatic heterocycles. The predicted molar refractivity (Wildman–Crippen MR) is 125 cm³/mol. The van der Waals surface area contributed by atoms with Crippen LogP contribution in [0.25, 0.3) is 22.0 Å². The van der Waals surface area contributed by atoms with Gasteiger partial charge in [0.05, 0.1) is 5.52 Å². The van der Waals surface area contributed by atoms with Gasteiger partial charge in [-0.05, 0) is 50.5 Å². The molecule has 0 amide bonds. The summed E-state index contributed by atoms with van der Waals surface area (Å²) in [4.78, 5) is 20.1. The van der Waals surface area contributed by atoms with Gasteiger partial charge in [-0.15, -0.1) is 0 Å². The molecule has 4 aromatic rings. The number of rotatable bonds is 5. The predicted octanol–water partition coefficient (Wildman–Crippen LogP) is 5.51. The summed E-state index contributed by atoms with van der Waals surface area (Å²) in [6, 6.07) is 6.56. The quantitative estimate of drug-likeness (QED) is 0.358. The summed E-state index contributed by atoms with van der Waals surface area (Å²) in [6.45, 7) is 5.48. The smallest absolute Gasteiger partial charge is 0.226 e. The standard InChI is InChI=1S/C24H24ClFN6O/c1-3-4-21-30-23(31-33-21)15-7-9-32(10-8-15)24-19-12-16(26)11-18(22(19)27-13-28-24)17-5-6-20(25)29-14(17)2/h5-6,11-13,15H,3-4,7-10H2,1-2H3. The number of fused-ring (bicyclic) bond motifs is 1. The number of hydrogen-bond donors (Lipinski definition) is 0. The molecular formula is C24H24ClFN6O. The third-order valence-corrected chi connectivity index (χ3v) is 6.34. The average Bonchev–Trinajstić information content (AvgIpc) is 3.27. The molecule has 1 fully saturated rings. The minimum absolute atomic E-state index is 0.249. The second-order valence-corrected chi connectivity index (χ2v) is 8.76. The maximum atomic E-state index is 14.7. The molecule has 0 radical (unpaired) electrons. The molecule has 0 unspecified atom stereocenters. The first-order valence-electron chi connectivity index (χ1n) is 11.2. The third-order valence-electron chi connectivity index (χ3n) is 6.13.